The van der Waals surface area contributed by atoms with Crippen LogP contribution in [-0.4, -0.2) is 12.2 Å². The summed E-state index contributed by atoms with van der Waals surface area (Å²) in [5.41, 5.74) is 0.753. The lowest BCUT2D eigenvalue weighted by molar-refractivity contribution is 0.238. The van der Waals surface area contributed by atoms with Crippen LogP contribution in [0.3, 0.4) is 0 Å². The Morgan fingerprint density at radius 3 is 2.50 bits per heavy atom. The van der Waals surface area contributed by atoms with Crippen molar-refractivity contribution in [1.82, 2.24) is 0 Å². The van der Waals surface area contributed by atoms with Gasteiger partial charge in [-0.2, -0.15) is 0 Å². The summed E-state index contributed by atoms with van der Waals surface area (Å²) in [6.45, 7) is 2.20. The Kier molecular flexibility index (Phi) is 9.35. The van der Waals surface area contributed by atoms with Crippen molar-refractivity contribution < 1.29 is 9.84 Å². The quantitative estimate of drug-likeness (QED) is 0.628. The van der Waals surface area contributed by atoms with Gasteiger partial charge in [0, 0.05) is 6.42 Å². The molecule has 1 aromatic rings. The first-order valence-corrected chi connectivity index (χ1v) is 7.74. The van der Waals surface area contributed by atoms with Crippen molar-refractivity contribution in [1.29, 1.82) is 0 Å². The maximum absolute atomic E-state index is 9.92. The van der Waals surface area contributed by atoms with Gasteiger partial charge in [0.05, 0.1) is 7.11 Å². The number of rotatable bonds is 6. The molecule has 0 saturated heterocycles. The summed E-state index contributed by atoms with van der Waals surface area (Å²) < 4.78 is 5.07. The minimum Gasteiger partial charge on any atom is -0.497 e. The molecule has 1 rings (SSSR count). The summed E-state index contributed by atoms with van der Waals surface area (Å²) in [6, 6.07) is 7.22. The summed E-state index contributed by atoms with van der Waals surface area (Å²) in [5, 5.41) is 9.92. The minimum absolute atomic E-state index is 0.753. The van der Waals surface area contributed by atoms with Crippen molar-refractivity contribution in [3.8, 4) is 29.4 Å². The molecule has 1 atom stereocenters. The molecule has 1 unspecified atom stereocenters. The Morgan fingerprint density at radius 1 is 1.09 bits per heavy atom. The molecule has 1 N–H and O–H groups in total. The van der Waals surface area contributed by atoms with E-state index in [1.807, 2.05) is 0 Å². The first-order chi connectivity index (χ1) is 10.8. The lowest BCUT2D eigenvalue weighted by atomic mass is 10.1. The predicted octanol–water partition coefficient (Wildman–Crippen LogP) is 4.26. The van der Waals surface area contributed by atoms with Gasteiger partial charge in [-0.3, -0.25) is 0 Å². The molecule has 0 saturated carbocycles. The van der Waals surface area contributed by atoms with Crippen molar-refractivity contribution >= 4 is 0 Å². The molecular formula is C20H24O2. The van der Waals surface area contributed by atoms with Crippen LogP contribution >= 0.6 is 0 Å². The summed E-state index contributed by atoms with van der Waals surface area (Å²) in [6.07, 6.45) is 8.49. The number of hydrogen-bond acceptors (Lipinski definition) is 2. The first-order valence-electron chi connectivity index (χ1n) is 7.74. The Morgan fingerprint density at radius 2 is 1.82 bits per heavy atom. The van der Waals surface area contributed by atoms with E-state index >= 15 is 0 Å². The number of benzene rings is 1. The number of allylic oxidation sites excluding steroid dienone is 2. The molecular weight excluding hydrogens is 272 g/mol. The van der Waals surface area contributed by atoms with Crippen LogP contribution in [0.15, 0.2) is 36.4 Å². The van der Waals surface area contributed by atoms with Gasteiger partial charge in [-0.1, -0.05) is 62.0 Å². The highest BCUT2D eigenvalue weighted by molar-refractivity contribution is 5.33. The number of aliphatic hydroxyl groups excluding tert-OH is 1. The Balaban J connectivity index is 2.36. The molecule has 0 bridgehead atoms. The van der Waals surface area contributed by atoms with E-state index in [0.717, 1.165) is 24.2 Å². The molecule has 0 amide bonds. The standard InChI is InChI=1S/C20H24O2/c1-3-4-5-6-7-8-9-10-11-12-13-20(21)18-14-16-19(22-2)17-15-18/h10-11,14-17,20-21H,3-7H2,1-2H3/b11-10-. The second kappa shape index (κ2) is 11.5. The molecule has 0 aliphatic carbocycles. The van der Waals surface area contributed by atoms with Gasteiger partial charge in [0.2, 0.25) is 0 Å². The SMILES string of the molecule is CCCCCCC#C/C=C\C#CC(O)c1ccc(OC)cc1. The number of methoxy groups -OCH3 is 1. The summed E-state index contributed by atoms with van der Waals surface area (Å²) in [5.74, 6) is 12.4. The van der Waals surface area contributed by atoms with E-state index in [0.29, 0.717) is 0 Å². The molecule has 116 valence electrons. The van der Waals surface area contributed by atoms with Crippen molar-refractivity contribution in [3.05, 3.63) is 42.0 Å². The Bertz CT molecular complexity index is 562. The van der Waals surface area contributed by atoms with E-state index in [9.17, 15) is 5.11 Å². The monoisotopic (exact) mass is 296 g/mol. The van der Waals surface area contributed by atoms with Gasteiger partial charge < -0.3 is 9.84 Å². The van der Waals surface area contributed by atoms with Crippen LogP contribution in [0.5, 0.6) is 5.75 Å². The van der Waals surface area contributed by atoms with Crippen molar-refractivity contribution in [2.24, 2.45) is 0 Å². The highest BCUT2D eigenvalue weighted by Crippen LogP contribution is 2.16. The van der Waals surface area contributed by atoms with E-state index in [1.54, 1.807) is 43.5 Å². The van der Waals surface area contributed by atoms with E-state index in [2.05, 4.69) is 30.6 Å². The lowest BCUT2D eigenvalue weighted by Gasteiger charge is -2.04. The third-order valence-corrected chi connectivity index (χ3v) is 3.16. The number of hydrogen-bond donors (Lipinski definition) is 1. The predicted molar refractivity (Wildman–Crippen MR) is 91.4 cm³/mol. The Hall–Kier alpha value is -2.16. The number of unbranched alkanes of at least 4 members (excludes halogenated alkanes) is 4. The topological polar surface area (TPSA) is 29.5 Å². The molecule has 0 aliphatic heterocycles. The zero-order valence-electron chi connectivity index (χ0n) is 13.4. The largest absolute Gasteiger partial charge is 0.497 e. The molecule has 0 radical (unpaired) electrons. The maximum Gasteiger partial charge on any atom is 0.140 e. The third kappa shape index (κ3) is 7.58. The fraction of sp³-hybridized carbons (Fsp3) is 0.400. The molecule has 0 spiro atoms. The van der Waals surface area contributed by atoms with E-state index < -0.39 is 6.10 Å². The van der Waals surface area contributed by atoms with Crippen LogP contribution in [0.1, 0.15) is 50.7 Å². The van der Waals surface area contributed by atoms with Crippen molar-refractivity contribution in [3.63, 3.8) is 0 Å². The molecule has 0 heterocycles. The average molecular weight is 296 g/mol. The summed E-state index contributed by atoms with van der Waals surface area (Å²) in [4.78, 5) is 0. The maximum atomic E-state index is 9.92. The van der Waals surface area contributed by atoms with Gasteiger partial charge >= 0.3 is 0 Å². The molecule has 0 aliphatic rings. The van der Waals surface area contributed by atoms with Gasteiger partial charge in [0.15, 0.2) is 0 Å². The van der Waals surface area contributed by atoms with Crippen molar-refractivity contribution in [2.45, 2.75) is 45.1 Å². The van der Waals surface area contributed by atoms with E-state index in [1.165, 1.54) is 19.3 Å². The lowest BCUT2D eigenvalue weighted by Crippen LogP contribution is -1.93. The second-order valence-corrected chi connectivity index (χ2v) is 4.93. The first kappa shape index (κ1) is 17.9. The molecule has 0 fully saturated rings. The second-order valence-electron chi connectivity index (χ2n) is 4.93. The molecule has 2 nitrogen and oxygen atoms in total. The van der Waals surface area contributed by atoms with Crippen LogP contribution in [0.4, 0.5) is 0 Å². The fourth-order valence-electron chi connectivity index (χ4n) is 1.85. The fourth-order valence-corrected chi connectivity index (χ4v) is 1.85. The average Bonchev–Trinajstić information content (AvgIpc) is 2.56. The van der Waals surface area contributed by atoms with Gasteiger partial charge in [-0.15, -0.1) is 0 Å². The molecule has 0 aromatic heterocycles. The normalized spacial score (nSPS) is 11.2. The number of aliphatic hydroxyl groups is 1. The van der Waals surface area contributed by atoms with Crippen LogP contribution in [0.25, 0.3) is 0 Å². The van der Waals surface area contributed by atoms with Crippen LogP contribution in [0.2, 0.25) is 0 Å². The number of ether oxygens (including phenoxy) is 1. The summed E-state index contributed by atoms with van der Waals surface area (Å²) >= 11 is 0. The summed E-state index contributed by atoms with van der Waals surface area (Å²) in [7, 11) is 1.61. The molecule has 22 heavy (non-hydrogen) atoms. The third-order valence-electron chi connectivity index (χ3n) is 3.16. The zero-order chi connectivity index (χ0) is 16.0. The zero-order valence-corrected chi connectivity index (χ0v) is 13.4. The van der Waals surface area contributed by atoms with Crippen LogP contribution < -0.4 is 4.74 Å². The van der Waals surface area contributed by atoms with E-state index in [4.69, 9.17) is 4.74 Å². The van der Waals surface area contributed by atoms with Gasteiger partial charge in [-0.25, -0.2) is 0 Å². The van der Waals surface area contributed by atoms with Gasteiger partial charge in [0.25, 0.3) is 0 Å². The molecule has 2 heteroatoms. The van der Waals surface area contributed by atoms with Crippen LogP contribution in [0, 0.1) is 23.7 Å². The highest BCUT2D eigenvalue weighted by Gasteiger charge is 2.02. The minimum atomic E-state index is -0.794. The van der Waals surface area contributed by atoms with Gasteiger partial charge in [-0.05, 0) is 36.3 Å². The smallest absolute Gasteiger partial charge is 0.140 e. The van der Waals surface area contributed by atoms with Gasteiger partial charge in [0.1, 0.15) is 11.9 Å². The molecule has 1 aromatic carbocycles. The Labute approximate surface area is 134 Å². The van der Waals surface area contributed by atoms with E-state index in [-0.39, 0.29) is 0 Å². The van der Waals surface area contributed by atoms with Crippen LogP contribution in [-0.2, 0) is 0 Å². The van der Waals surface area contributed by atoms with Crippen molar-refractivity contribution in [2.75, 3.05) is 7.11 Å². The highest BCUT2D eigenvalue weighted by atomic mass is 16.5.